The van der Waals surface area contributed by atoms with Crippen LogP contribution in [0.4, 0.5) is 0 Å². The molecule has 1 N–H and O–H groups in total. The van der Waals surface area contributed by atoms with Crippen LogP contribution in [0.5, 0.6) is 11.5 Å². The van der Waals surface area contributed by atoms with Gasteiger partial charge in [0, 0.05) is 11.8 Å². The summed E-state index contributed by atoms with van der Waals surface area (Å²) in [5.74, 6) is 1.22. The third-order valence-electron chi connectivity index (χ3n) is 3.16. The van der Waals surface area contributed by atoms with Crippen molar-refractivity contribution < 1.29 is 14.3 Å². The smallest absolute Gasteiger partial charge is 0.253 e. The number of rotatable bonds is 8. The number of hydrogen-bond donors (Lipinski definition) is 1. The first-order chi connectivity index (χ1) is 11.6. The molecule has 0 aliphatic rings. The third kappa shape index (κ3) is 5.42. The fourth-order valence-corrected chi connectivity index (χ4v) is 2.00. The van der Waals surface area contributed by atoms with Gasteiger partial charge in [-0.15, -0.1) is 0 Å². The Balaban J connectivity index is 1.71. The molecular formula is C17H21N3O4. The molecule has 2 rings (SSSR count). The van der Waals surface area contributed by atoms with E-state index >= 15 is 0 Å². The van der Waals surface area contributed by atoms with E-state index in [-0.39, 0.29) is 18.0 Å². The van der Waals surface area contributed by atoms with Crippen molar-refractivity contribution in [2.24, 2.45) is 0 Å². The zero-order chi connectivity index (χ0) is 17.4. The number of nitrogens with one attached hydrogen (secondary N) is 1. The van der Waals surface area contributed by atoms with Crippen molar-refractivity contribution in [3.63, 3.8) is 0 Å². The number of nitrogens with zero attached hydrogens (tertiary/aromatic N) is 2. The van der Waals surface area contributed by atoms with Crippen LogP contribution in [0.25, 0.3) is 0 Å². The molecule has 1 amide bonds. The van der Waals surface area contributed by atoms with Gasteiger partial charge in [0.05, 0.1) is 19.5 Å². The van der Waals surface area contributed by atoms with E-state index in [0.717, 1.165) is 5.75 Å². The first-order valence-corrected chi connectivity index (χ1v) is 7.74. The van der Waals surface area contributed by atoms with Crippen molar-refractivity contribution in [1.29, 1.82) is 0 Å². The first-order valence-electron chi connectivity index (χ1n) is 7.74. The van der Waals surface area contributed by atoms with Crippen LogP contribution in [0.2, 0.25) is 0 Å². The second kappa shape index (κ2) is 8.71. The molecule has 24 heavy (non-hydrogen) atoms. The van der Waals surface area contributed by atoms with Crippen LogP contribution >= 0.6 is 0 Å². The lowest BCUT2D eigenvalue weighted by Crippen LogP contribution is -2.34. The lowest BCUT2D eigenvalue weighted by molar-refractivity contribution is -0.121. The van der Waals surface area contributed by atoms with Gasteiger partial charge in [0.2, 0.25) is 5.91 Å². The van der Waals surface area contributed by atoms with Gasteiger partial charge in [-0.2, -0.15) is 0 Å². The zero-order valence-corrected chi connectivity index (χ0v) is 13.8. The minimum atomic E-state index is -0.266. The van der Waals surface area contributed by atoms with E-state index in [0.29, 0.717) is 31.2 Å². The van der Waals surface area contributed by atoms with Crippen LogP contribution in [0.1, 0.15) is 12.6 Å². The Hall–Kier alpha value is -2.83. The van der Waals surface area contributed by atoms with E-state index in [1.807, 2.05) is 31.2 Å². The molecule has 0 radical (unpaired) electrons. The molecule has 1 aromatic carbocycles. The summed E-state index contributed by atoms with van der Waals surface area (Å²) in [6.07, 6.45) is 1.37. The van der Waals surface area contributed by atoms with Gasteiger partial charge >= 0.3 is 0 Å². The van der Waals surface area contributed by atoms with E-state index in [4.69, 9.17) is 9.47 Å². The summed E-state index contributed by atoms with van der Waals surface area (Å²) >= 11 is 0. The second-order valence-corrected chi connectivity index (χ2v) is 5.10. The van der Waals surface area contributed by atoms with Crippen LogP contribution in [0.15, 0.2) is 41.5 Å². The molecule has 1 aromatic heterocycles. The van der Waals surface area contributed by atoms with Crippen molar-refractivity contribution in [1.82, 2.24) is 14.9 Å². The molecule has 0 bridgehead atoms. The maximum Gasteiger partial charge on any atom is 0.253 e. The third-order valence-corrected chi connectivity index (χ3v) is 3.16. The molecule has 0 fully saturated rings. The van der Waals surface area contributed by atoms with Crippen LogP contribution < -0.4 is 20.3 Å². The Morgan fingerprint density at radius 3 is 2.50 bits per heavy atom. The fourth-order valence-electron chi connectivity index (χ4n) is 2.00. The predicted molar refractivity (Wildman–Crippen MR) is 89.3 cm³/mol. The monoisotopic (exact) mass is 331 g/mol. The number of aromatic nitrogens is 2. The largest absolute Gasteiger partial charge is 0.494 e. The first kappa shape index (κ1) is 17.5. The summed E-state index contributed by atoms with van der Waals surface area (Å²) in [5, 5.41) is 2.70. The highest BCUT2D eigenvalue weighted by atomic mass is 16.5. The molecule has 0 saturated carbocycles. The number of carbonyl (C=O) groups is 1. The van der Waals surface area contributed by atoms with Gasteiger partial charge in [-0.25, -0.2) is 4.98 Å². The van der Waals surface area contributed by atoms with Gasteiger partial charge in [0.15, 0.2) is 0 Å². The zero-order valence-electron chi connectivity index (χ0n) is 13.8. The summed E-state index contributed by atoms with van der Waals surface area (Å²) in [4.78, 5) is 27.5. The molecule has 7 nitrogen and oxygen atoms in total. The van der Waals surface area contributed by atoms with Crippen molar-refractivity contribution in [2.75, 3.05) is 19.8 Å². The molecule has 2 aromatic rings. The molecular weight excluding hydrogens is 310 g/mol. The van der Waals surface area contributed by atoms with Crippen LogP contribution in [0.3, 0.4) is 0 Å². The Morgan fingerprint density at radius 1 is 1.21 bits per heavy atom. The summed E-state index contributed by atoms with van der Waals surface area (Å²) in [6.45, 7) is 4.89. The van der Waals surface area contributed by atoms with Crippen molar-refractivity contribution in [3.8, 4) is 11.5 Å². The molecule has 0 unspecified atom stereocenters. The van der Waals surface area contributed by atoms with Crippen molar-refractivity contribution in [3.05, 3.63) is 52.7 Å². The Labute approximate surface area is 140 Å². The van der Waals surface area contributed by atoms with E-state index in [1.54, 1.807) is 6.92 Å². The number of ether oxygens (including phenoxy) is 2. The van der Waals surface area contributed by atoms with Gasteiger partial charge in [-0.1, -0.05) is 0 Å². The Bertz CT molecular complexity index is 725. The average molecular weight is 331 g/mol. The minimum Gasteiger partial charge on any atom is -0.494 e. The second-order valence-electron chi connectivity index (χ2n) is 5.10. The fraction of sp³-hybridized carbons (Fsp3) is 0.353. The number of hydrogen-bond acceptors (Lipinski definition) is 5. The molecule has 0 aliphatic carbocycles. The Kier molecular flexibility index (Phi) is 6.36. The van der Waals surface area contributed by atoms with Gasteiger partial charge < -0.3 is 14.8 Å². The van der Waals surface area contributed by atoms with E-state index in [9.17, 15) is 9.59 Å². The van der Waals surface area contributed by atoms with Crippen LogP contribution in [-0.4, -0.2) is 35.2 Å². The lowest BCUT2D eigenvalue weighted by Gasteiger charge is -2.09. The highest BCUT2D eigenvalue weighted by Crippen LogP contribution is 2.17. The molecule has 0 spiro atoms. The normalized spacial score (nSPS) is 10.2. The summed E-state index contributed by atoms with van der Waals surface area (Å²) in [7, 11) is 0. The van der Waals surface area contributed by atoms with E-state index in [1.165, 1.54) is 17.0 Å². The van der Waals surface area contributed by atoms with Crippen molar-refractivity contribution in [2.45, 2.75) is 20.4 Å². The summed E-state index contributed by atoms with van der Waals surface area (Å²) in [5.41, 5.74) is 0.378. The molecule has 1 heterocycles. The van der Waals surface area contributed by atoms with E-state index in [2.05, 4.69) is 10.3 Å². The van der Waals surface area contributed by atoms with E-state index < -0.39 is 0 Å². The number of aryl methyl sites for hydroxylation is 1. The van der Waals surface area contributed by atoms with Gasteiger partial charge in [-0.3, -0.25) is 14.2 Å². The van der Waals surface area contributed by atoms with Crippen LogP contribution in [-0.2, 0) is 11.3 Å². The SMILES string of the molecule is CCOc1ccc(OCCNC(=O)Cn2cnc(C)cc2=O)cc1. The summed E-state index contributed by atoms with van der Waals surface area (Å²) in [6, 6.07) is 8.67. The molecule has 0 atom stereocenters. The van der Waals surface area contributed by atoms with Crippen molar-refractivity contribution >= 4 is 5.91 Å². The Morgan fingerprint density at radius 2 is 1.88 bits per heavy atom. The number of carbonyl (C=O) groups excluding carboxylic acids is 1. The number of benzene rings is 1. The molecule has 128 valence electrons. The van der Waals surface area contributed by atoms with Gasteiger partial charge in [0.25, 0.3) is 5.56 Å². The highest BCUT2D eigenvalue weighted by molar-refractivity contribution is 5.75. The molecule has 0 aliphatic heterocycles. The standard InChI is InChI=1S/C17H21N3O4/c1-3-23-14-4-6-15(7-5-14)24-9-8-18-16(21)11-20-12-19-13(2)10-17(20)22/h4-7,10,12H,3,8-9,11H2,1-2H3,(H,18,21). The maximum atomic E-state index is 11.8. The minimum absolute atomic E-state index is 0.0604. The van der Waals surface area contributed by atoms with Crippen LogP contribution in [0, 0.1) is 6.92 Å². The quantitative estimate of drug-likeness (QED) is 0.734. The van der Waals surface area contributed by atoms with Gasteiger partial charge in [-0.05, 0) is 38.1 Å². The highest BCUT2D eigenvalue weighted by Gasteiger charge is 2.04. The molecule has 7 heteroatoms. The van der Waals surface area contributed by atoms with Gasteiger partial charge in [0.1, 0.15) is 24.7 Å². The number of amides is 1. The predicted octanol–water partition coefficient (Wildman–Crippen LogP) is 1.15. The lowest BCUT2D eigenvalue weighted by atomic mass is 10.3. The topological polar surface area (TPSA) is 82.4 Å². The molecule has 0 saturated heterocycles. The summed E-state index contributed by atoms with van der Waals surface area (Å²) < 4.78 is 12.1. The average Bonchev–Trinajstić information content (AvgIpc) is 2.56. The maximum absolute atomic E-state index is 11.8.